The molecule has 6 aromatic rings. The third-order valence-electron chi connectivity index (χ3n) is 6.10. The van der Waals surface area contributed by atoms with Gasteiger partial charge in [0, 0.05) is 35.1 Å². The molecule has 1 aromatic carbocycles. The molecule has 0 saturated heterocycles. The fourth-order valence-electron chi connectivity index (χ4n) is 4.37. The average molecular weight is 483 g/mol. The minimum atomic E-state index is 0.390. The summed E-state index contributed by atoms with van der Waals surface area (Å²) >= 11 is 0. The standard InChI is InChI=1S/C30H22N6O/c1-19-13-16-36-27(17-19)35-28(23-6-4-15-33-30(23)37-2)29(36)22-9-12-26(31)34-25(22)11-8-20-7-10-24-21(18-20)5-3-14-32-24/h3-7,9-10,12-18H,1-2H3,(H2,31,34). The third-order valence-corrected chi connectivity index (χ3v) is 6.10. The highest BCUT2D eigenvalue weighted by atomic mass is 16.5. The molecule has 0 saturated carbocycles. The van der Waals surface area contributed by atoms with Gasteiger partial charge in [0.15, 0.2) is 0 Å². The van der Waals surface area contributed by atoms with Gasteiger partial charge in [0.25, 0.3) is 0 Å². The van der Waals surface area contributed by atoms with E-state index in [0.29, 0.717) is 17.4 Å². The van der Waals surface area contributed by atoms with Gasteiger partial charge < -0.3 is 10.5 Å². The number of nitrogens with two attached hydrogens (primary N) is 1. The predicted molar refractivity (Wildman–Crippen MR) is 145 cm³/mol. The van der Waals surface area contributed by atoms with Crippen LogP contribution in [0.5, 0.6) is 5.88 Å². The van der Waals surface area contributed by atoms with E-state index >= 15 is 0 Å². The number of nitrogens with zero attached hydrogens (tertiary/aromatic N) is 5. The first-order chi connectivity index (χ1) is 18.1. The van der Waals surface area contributed by atoms with Crippen LogP contribution in [0.1, 0.15) is 16.8 Å². The molecule has 0 amide bonds. The SMILES string of the molecule is COc1ncccc1-c1nc2cc(C)ccn2c1-c1ccc(N)nc1C#Cc1ccc2ncccc2c1. The molecule has 0 spiro atoms. The largest absolute Gasteiger partial charge is 0.481 e. The van der Waals surface area contributed by atoms with Crippen molar-refractivity contribution in [2.75, 3.05) is 12.8 Å². The summed E-state index contributed by atoms with van der Waals surface area (Å²) < 4.78 is 7.61. The number of rotatable bonds is 3. The Hall–Kier alpha value is -5.22. The Morgan fingerprint density at radius 3 is 2.62 bits per heavy atom. The summed E-state index contributed by atoms with van der Waals surface area (Å²) in [5.41, 5.74) is 13.5. The van der Waals surface area contributed by atoms with Gasteiger partial charge in [-0.05, 0) is 79.1 Å². The van der Waals surface area contributed by atoms with E-state index in [4.69, 9.17) is 15.5 Å². The molecule has 7 heteroatoms. The van der Waals surface area contributed by atoms with Crippen LogP contribution in [0.4, 0.5) is 5.82 Å². The van der Waals surface area contributed by atoms with Crippen molar-refractivity contribution >= 4 is 22.4 Å². The Balaban J connectivity index is 1.58. The van der Waals surface area contributed by atoms with Crippen molar-refractivity contribution in [1.29, 1.82) is 0 Å². The molecule has 37 heavy (non-hydrogen) atoms. The molecule has 0 radical (unpaired) electrons. The second kappa shape index (κ2) is 9.10. The molecule has 0 aliphatic carbocycles. The van der Waals surface area contributed by atoms with E-state index in [-0.39, 0.29) is 0 Å². The van der Waals surface area contributed by atoms with Gasteiger partial charge in [-0.1, -0.05) is 12.0 Å². The number of methoxy groups -OCH3 is 1. The molecule has 0 bridgehead atoms. The molecule has 5 heterocycles. The highest BCUT2D eigenvalue weighted by Gasteiger charge is 2.22. The minimum absolute atomic E-state index is 0.390. The molecule has 178 valence electrons. The predicted octanol–water partition coefficient (Wildman–Crippen LogP) is 5.31. The van der Waals surface area contributed by atoms with Crippen molar-refractivity contribution in [2.24, 2.45) is 0 Å². The number of hydrogen-bond donors (Lipinski definition) is 1. The molecule has 7 nitrogen and oxygen atoms in total. The number of fused-ring (bicyclic) bond motifs is 2. The van der Waals surface area contributed by atoms with Gasteiger partial charge in [-0.15, -0.1) is 0 Å². The number of aryl methyl sites for hydroxylation is 1. The van der Waals surface area contributed by atoms with E-state index in [1.165, 1.54) is 0 Å². The number of benzene rings is 1. The van der Waals surface area contributed by atoms with Crippen LogP contribution < -0.4 is 10.5 Å². The summed E-state index contributed by atoms with van der Waals surface area (Å²) in [7, 11) is 1.60. The lowest BCUT2D eigenvalue weighted by molar-refractivity contribution is 0.399. The maximum absolute atomic E-state index is 6.11. The number of aromatic nitrogens is 5. The molecule has 6 rings (SSSR count). The Morgan fingerprint density at radius 1 is 0.865 bits per heavy atom. The topological polar surface area (TPSA) is 91.2 Å². The molecule has 2 N–H and O–H groups in total. The molecule has 0 unspecified atom stereocenters. The smallest absolute Gasteiger partial charge is 0.222 e. The second-order valence-corrected chi connectivity index (χ2v) is 8.59. The molecule has 0 fully saturated rings. The van der Waals surface area contributed by atoms with E-state index in [1.807, 2.05) is 78.2 Å². The van der Waals surface area contributed by atoms with Crippen molar-refractivity contribution in [3.05, 3.63) is 102 Å². The Labute approximate surface area is 213 Å². The summed E-state index contributed by atoms with van der Waals surface area (Å²) in [6, 6.07) is 21.5. The maximum Gasteiger partial charge on any atom is 0.222 e. The Morgan fingerprint density at radius 2 is 1.73 bits per heavy atom. The Bertz CT molecular complexity index is 1860. The number of imidazole rings is 1. The first kappa shape index (κ1) is 22.3. The van der Waals surface area contributed by atoms with Gasteiger partial charge >= 0.3 is 0 Å². The zero-order valence-corrected chi connectivity index (χ0v) is 20.3. The second-order valence-electron chi connectivity index (χ2n) is 8.59. The molecular weight excluding hydrogens is 460 g/mol. The van der Waals surface area contributed by atoms with Crippen LogP contribution in [-0.2, 0) is 0 Å². The highest BCUT2D eigenvalue weighted by Crippen LogP contribution is 2.37. The normalized spacial score (nSPS) is 10.9. The van der Waals surface area contributed by atoms with Crippen molar-refractivity contribution in [3.63, 3.8) is 0 Å². The minimum Gasteiger partial charge on any atom is -0.481 e. The van der Waals surface area contributed by atoms with Crippen molar-refractivity contribution in [2.45, 2.75) is 6.92 Å². The summed E-state index contributed by atoms with van der Waals surface area (Å²) in [5.74, 6) is 7.40. The molecule has 0 atom stereocenters. The zero-order chi connectivity index (χ0) is 25.4. The monoisotopic (exact) mass is 482 g/mol. The number of anilines is 1. The Kier molecular flexibility index (Phi) is 5.47. The van der Waals surface area contributed by atoms with Crippen molar-refractivity contribution in [3.8, 4) is 40.2 Å². The van der Waals surface area contributed by atoms with Crippen LogP contribution in [0.3, 0.4) is 0 Å². The van der Waals surface area contributed by atoms with Gasteiger partial charge in [-0.3, -0.25) is 9.38 Å². The first-order valence-corrected chi connectivity index (χ1v) is 11.7. The van der Waals surface area contributed by atoms with E-state index in [1.54, 1.807) is 25.6 Å². The quantitative estimate of drug-likeness (QED) is 0.344. The highest BCUT2D eigenvalue weighted by molar-refractivity contribution is 5.86. The summed E-state index contributed by atoms with van der Waals surface area (Å²) in [5, 5.41) is 1.03. The summed E-state index contributed by atoms with van der Waals surface area (Å²) in [6.07, 6.45) is 5.48. The van der Waals surface area contributed by atoms with Crippen LogP contribution in [0, 0.1) is 18.8 Å². The zero-order valence-electron chi connectivity index (χ0n) is 20.3. The molecule has 5 aromatic heterocycles. The van der Waals surface area contributed by atoms with Gasteiger partial charge in [-0.25, -0.2) is 15.0 Å². The van der Waals surface area contributed by atoms with Crippen molar-refractivity contribution < 1.29 is 4.74 Å². The first-order valence-electron chi connectivity index (χ1n) is 11.7. The maximum atomic E-state index is 6.11. The van der Waals surface area contributed by atoms with Gasteiger partial charge in [0.05, 0.1) is 23.9 Å². The van der Waals surface area contributed by atoms with Crippen LogP contribution in [0.2, 0.25) is 0 Å². The van der Waals surface area contributed by atoms with E-state index in [9.17, 15) is 0 Å². The number of hydrogen-bond acceptors (Lipinski definition) is 6. The van der Waals surface area contributed by atoms with E-state index < -0.39 is 0 Å². The van der Waals surface area contributed by atoms with Crippen LogP contribution in [0.15, 0.2) is 85.3 Å². The molecule has 0 aliphatic heterocycles. The van der Waals surface area contributed by atoms with Crippen LogP contribution in [0.25, 0.3) is 39.1 Å². The van der Waals surface area contributed by atoms with Gasteiger partial charge in [0.1, 0.15) is 22.9 Å². The number of pyridine rings is 4. The van der Waals surface area contributed by atoms with Crippen LogP contribution in [-0.4, -0.2) is 31.4 Å². The third kappa shape index (κ3) is 4.11. The van der Waals surface area contributed by atoms with Gasteiger partial charge in [0.2, 0.25) is 5.88 Å². The summed E-state index contributed by atoms with van der Waals surface area (Å²) in [4.78, 5) is 18.4. The lowest BCUT2D eigenvalue weighted by atomic mass is 10.0. The number of nitrogen functional groups attached to an aromatic ring is 1. The summed E-state index contributed by atoms with van der Waals surface area (Å²) in [6.45, 7) is 2.04. The van der Waals surface area contributed by atoms with Gasteiger partial charge in [-0.2, -0.15) is 0 Å². The molecular formula is C30H22N6O. The lowest BCUT2D eigenvalue weighted by Gasteiger charge is -2.10. The lowest BCUT2D eigenvalue weighted by Crippen LogP contribution is -1.99. The number of ether oxygens (including phenoxy) is 1. The fourth-order valence-corrected chi connectivity index (χ4v) is 4.37. The van der Waals surface area contributed by atoms with Crippen molar-refractivity contribution in [1.82, 2.24) is 24.3 Å². The van der Waals surface area contributed by atoms with Crippen LogP contribution >= 0.6 is 0 Å². The molecule has 0 aliphatic rings. The van der Waals surface area contributed by atoms with E-state index in [0.717, 1.165) is 50.2 Å². The van der Waals surface area contributed by atoms with E-state index in [2.05, 4.69) is 26.8 Å². The fraction of sp³-hybridized carbons (Fsp3) is 0.0667. The average Bonchev–Trinajstić information content (AvgIpc) is 3.30.